The molecule has 0 aliphatic heterocycles. The molecule has 0 aliphatic rings. The average Bonchev–Trinajstić information content (AvgIpc) is 2.21. The summed E-state index contributed by atoms with van der Waals surface area (Å²) in [5.74, 6) is 0.437. The zero-order valence-corrected chi connectivity index (χ0v) is 10.1. The van der Waals surface area contributed by atoms with Gasteiger partial charge in [0, 0.05) is 31.7 Å². The molecule has 2 N–H and O–H groups in total. The maximum atomic E-state index is 13.5. The topological polar surface area (TPSA) is 29.3 Å². The van der Waals surface area contributed by atoms with Crippen LogP contribution < -0.4 is 5.73 Å². The molecule has 0 fully saturated rings. The standard InChI is InChI=1S/C13H21FN2/c1-11(2)9-16(8-7-15)10-12-5-3-4-6-13(12)14/h3-6,11H,7-10,15H2,1-2H3. The van der Waals surface area contributed by atoms with Crippen molar-refractivity contribution in [3.05, 3.63) is 35.6 Å². The monoisotopic (exact) mass is 224 g/mol. The van der Waals surface area contributed by atoms with E-state index < -0.39 is 0 Å². The van der Waals surface area contributed by atoms with E-state index in [4.69, 9.17) is 5.73 Å². The summed E-state index contributed by atoms with van der Waals surface area (Å²) < 4.78 is 13.5. The van der Waals surface area contributed by atoms with E-state index in [2.05, 4.69) is 18.7 Å². The van der Waals surface area contributed by atoms with E-state index in [9.17, 15) is 4.39 Å². The minimum atomic E-state index is -0.131. The van der Waals surface area contributed by atoms with Gasteiger partial charge in [-0.15, -0.1) is 0 Å². The third-order valence-corrected chi connectivity index (χ3v) is 2.42. The third-order valence-electron chi connectivity index (χ3n) is 2.42. The van der Waals surface area contributed by atoms with E-state index in [1.54, 1.807) is 6.07 Å². The van der Waals surface area contributed by atoms with Gasteiger partial charge in [-0.05, 0) is 12.0 Å². The zero-order valence-electron chi connectivity index (χ0n) is 10.1. The number of hydrogen-bond acceptors (Lipinski definition) is 2. The molecule has 1 aromatic carbocycles. The van der Waals surface area contributed by atoms with Gasteiger partial charge in [-0.25, -0.2) is 4.39 Å². The number of benzene rings is 1. The van der Waals surface area contributed by atoms with Crippen molar-refractivity contribution in [3.8, 4) is 0 Å². The lowest BCUT2D eigenvalue weighted by molar-refractivity contribution is 0.239. The van der Waals surface area contributed by atoms with Crippen LogP contribution in [0.25, 0.3) is 0 Å². The van der Waals surface area contributed by atoms with Crippen LogP contribution in [-0.2, 0) is 6.54 Å². The van der Waals surface area contributed by atoms with Gasteiger partial charge in [-0.2, -0.15) is 0 Å². The first kappa shape index (κ1) is 13.1. The summed E-state index contributed by atoms with van der Waals surface area (Å²) in [4.78, 5) is 2.20. The van der Waals surface area contributed by atoms with Gasteiger partial charge in [-0.1, -0.05) is 32.0 Å². The Balaban J connectivity index is 2.64. The lowest BCUT2D eigenvalue weighted by atomic mass is 10.1. The first-order valence-electron chi connectivity index (χ1n) is 5.79. The molecule has 0 saturated carbocycles. The molecule has 1 rings (SSSR count). The van der Waals surface area contributed by atoms with E-state index in [0.717, 1.165) is 18.7 Å². The van der Waals surface area contributed by atoms with Gasteiger partial charge in [0.1, 0.15) is 5.82 Å². The molecular weight excluding hydrogens is 203 g/mol. The molecular formula is C13H21FN2. The highest BCUT2D eigenvalue weighted by molar-refractivity contribution is 5.17. The summed E-state index contributed by atoms with van der Waals surface area (Å²) in [6.45, 7) is 7.33. The zero-order chi connectivity index (χ0) is 12.0. The fraction of sp³-hybridized carbons (Fsp3) is 0.538. The Hall–Kier alpha value is -0.930. The molecule has 3 heteroatoms. The largest absolute Gasteiger partial charge is 0.329 e. The van der Waals surface area contributed by atoms with Gasteiger partial charge in [0.15, 0.2) is 0 Å². The number of halogens is 1. The molecule has 0 radical (unpaired) electrons. The highest BCUT2D eigenvalue weighted by atomic mass is 19.1. The van der Waals surface area contributed by atoms with Gasteiger partial charge < -0.3 is 5.73 Å². The second kappa shape index (κ2) is 6.61. The molecule has 0 bridgehead atoms. The number of nitrogens with zero attached hydrogens (tertiary/aromatic N) is 1. The molecule has 0 heterocycles. The van der Waals surface area contributed by atoms with Crippen LogP contribution in [0.2, 0.25) is 0 Å². The highest BCUT2D eigenvalue weighted by Gasteiger charge is 2.09. The summed E-state index contributed by atoms with van der Waals surface area (Å²) in [7, 11) is 0. The Bertz CT molecular complexity index is 313. The lowest BCUT2D eigenvalue weighted by Gasteiger charge is -2.23. The maximum absolute atomic E-state index is 13.5. The van der Waals surface area contributed by atoms with Crippen molar-refractivity contribution in [3.63, 3.8) is 0 Å². The van der Waals surface area contributed by atoms with Gasteiger partial charge >= 0.3 is 0 Å². The highest BCUT2D eigenvalue weighted by Crippen LogP contribution is 2.10. The molecule has 90 valence electrons. The number of hydrogen-bond donors (Lipinski definition) is 1. The molecule has 16 heavy (non-hydrogen) atoms. The van der Waals surface area contributed by atoms with Gasteiger partial charge in [-0.3, -0.25) is 4.90 Å². The molecule has 0 saturated heterocycles. The van der Waals surface area contributed by atoms with Gasteiger partial charge in [0.25, 0.3) is 0 Å². The van der Waals surface area contributed by atoms with Crippen LogP contribution in [0.3, 0.4) is 0 Å². The van der Waals surface area contributed by atoms with E-state index in [0.29, 0.717) is 19.0 Å². The van der Waals surface area contributed by atoms with Crippen LogP contribution >= 0.6 is 0 Å². The maximum Gasteiger partial charge on any atom is 0.127 e. The van der Waals surface area contributed by atoms with E-state index in [1.165, 1.54) is 6.07 Å². The van der Waals surface area contributed by atoms with Crippen LogP contribution in [0.15, 0.2) is 24.3 Å². The summed E-state index contributed by atoms with van der Waals surface area (Å²) in [5.41, 5.74) is 6.31. The normalized spacial score (nSPS) is 11.4. The predicted octanol–water partition coefficient (Wildman–Crippen LogP) is 2.24. The molecule has 1 aromatic rings. The fourth-order valence-corrected chi connectivity index (χ4v) is 1.80. The molecule has 0 aromatic heterocycles. The molecule has 0 amide bonds. The van der Waals surface area contributed by atoms with Crippen LogP contribution in [0.5, 0.6) is 0 Å². The third kappa shape index (κ3) is 4.29. The molecule has 0 unspecified atom stereocenters. The number of rotatable bonds is 6. The minimum Gasteiger partial charge on any atom is -0.329 e. The van der Waals surface area contributed by atoms with Crippen LogP contribution in [0.1, 0.15) is 19.4 Å². The first-order valence-corrected chi connectivity index (χ1v) is 5.79. The van der Waals surface area contributed by atoms with Crippen molar-refractivity contribution in [1.82, 2.24) is 4.90 Å². The quantitative estimate of drug-likeness (QED) is 0.803. The van der Waals surface area contributed by atoms with Crippen LogP contribution in [0.4, 0.5) is 4.39 Å². The molecule has 0 atom stereocenters. The first-order chi connectivity index (χ1) is 7.63. The van der Waals surface area contributed by atoms with Crippen molar-refractivity contribution in [2.24, 2.45) is 11.7 Å². The van der Waals surface area contributed by atoms with E-state index >= 15 is 0 Å². The lowest BCUT2D eigenvalue weighted by Crippen LogP contribution is -2.32. The smallest absolute Gasteiger partial charge is 0.127 e. The summed E-state index contributed by atoms with van der Waals surface area (Å²) in [6.07, 6.45) is 0. The Kier molecular flexibility index (Phi) is 5.43. The van der Waals surface area contributed by atoms with Crippen molar-refractivity contribution < 1.29 is 4.39 Å². The average molecular weight is 224 g/mol. The summed E-state index contributed by atoms with van der Waals surface area (Å²) >= 11 is 0. The number of nitrogens with two attached hydrogens (primary N) is 1. The fourth-order valence-electron chi connectivity index (χ4n) is 1.80. The van der Waals surface area contributed by atoms with Gasteiger partial charge in [0.05, 0.1) is 0 Å². The summed E-state index contributed by atoms with van der Waals surface area (Å²) in [5, 5.41) is 0. The second-order valence-corrected chi connectivity index (χ2v) is 4.51. The van der Waals surface area contributed by atoms with Gasteiger partial charge in [0.2, 0.25) is 0 Å². The molecule has 0 aliphatic carbocycles. The minimum absolute atomic E-state index is 0.131. The van der Waals surface area contributed by atoms with Crippen molar-refractivity contribution in [1.29, 1.82) is 0 Å². The Morgan fingerprint density at radius 1 is 1.31 bits per heavy atom. The van der Waals surface area contributed by atoms with E-state index in [-0.39, 0.29) is 5.82 Å². The SMILES string of the molecule is CC(C)CN(CCN)Cc1ccccc1F. The Morgan fingerprint density at radius 2 is 2.00 bits per heavy atom. The Labute approximate surface area is 97.3 Å². The molecule has 0 spiro atoms. The van der Waals surface area contributed by atoms with Crippen molar-refractivity contribution in [2.75, 3.05) is 19.6 Å². The van der Waals surface area contributed by atoms with Crippen LogP contribution in [-0.4, -0.2) is 24.5 Å². The van der Waals surface area contributed by atoms with Crippen molar-refractivity contribution in [2.45, 2.75) is 20.4 Å². The van der Waals surface area contributed by atoms with Crippen molar-refractivity contribution >= 4 is 0 Å². The molecule has 2 nitrogen and oxygen atoms in total. The second-order valence-electron chi connectivity index (χ2n) is 4.51. The van der Waals surface area contributed by atoms with E-state index in [1.807, 2.05) is 12.1 Å². The van der Waals surface area contributed by atoms with Crippen LogP contribution in [0, 0.1) is 11.7 Å². The summed E-state index contributed by atoms with van der Waals surface area (Å²) in [6, 6.07) is 6.92. The predicted molar refractivity (Wildman–Crippen MR) is 65.6 cm³/mol. The Morgan fingerprint density at radius 3 is 2.56 bits per heavy atom.